The molecule has 21 heavy (non-hydrogen) atoms. The van der Waals surface area contributed by atoms with Crippen molar-refractivity contribution in [1.29, 1.82) is 0 Å². The number of carbonyl (C=O) groups excluding carboxylic acids is 2. The average Bonchev–Trinajstić information content (AvgIpc) is 2.91. The first-order chi connectivity index (χ1) is 10.0. The van der Waals surface area contributed by atoms with Gasteiger partial charge in [0.2, 0.25) is 5.91 Å². The molecule has 1 aliphatic heterocycles. The minimum atomic E-state index is -0.350. The lowest BCUT2D eigenvalue weighted by molar-refractivity contribution is -0.121. The average molecular weight is 296 g/mol. The number of nitrogens with zero attached hydrogens (tertiary/aromatic N) is 1. The molecule has 6 heteroatoms. The summed E-state index contributed by atoms with van der Waals surface area (Å²) in [5, 5.41) is 5.30. The lowest BCUT2D eigenvalue weighted by Crippen LogP contribution is -2.48. The number of nitrogens with one attached hydrogen (secondary N) is 2. The Balaban J connectivity index is 1.64. The molecule has 4 N–H and O–H groups in total. The topological polar surface area (TPSA) is 87.5 Å². The van der Waals surface area contributed by atoms with Crippen LogP contribution in [0.3, 0.4) is 0 Å². The Bertz CT molecular complexity index is 359. The van der Waals surface area contributed by atoms with Gasteiger partial charge in [0.05, 0.1) is 6.54 Å². The molecular weight excluding hydrogens is 268 g/mol. The van der Waals surface area contributed by atoms with E-state index < -0.39 is 0 Å². The molecule has 1 saturated heterocycles. The number of imide groups is 1. The quantitative estimate of drug-likeness (QED) is 0.716. The molecule has 0 spiro atoms. The van der Waals surface area contributed by atoms with E-state index in [-0.39, 0.29) is 24.0 Å². The summed E-state index contributed by atoms with van der Waals surface area (Å²) in [6.45, 7) is 4.10. The Morgan fingerprint density at radius 3 is 2.38 bits per heavy atom. The summed E-state index contributed by atoms with van der Waals surface area (Å²) < 4.78 is 0. The third kappa shape index (κ3) is 5.28. The van der Waals surface area contributed by atoms with Crippen LogP contribution in [0.25, 0.3) is 0 Å². The maximum Gasteiger partial charge on any atom is 0.321 e. The van der Waals surface area contributed by atoms with Gasteiger partial charge in [0.15, 0.2) is 0 Å². The van der Waals surface area contributed by atoms with Crippen molar-refractivity contribution in [3.8, 4) is 0 Å². The number of amides is 3. The van der Waals surface area contributed by atoms with Gasteiger partial charge in [-0.05, 0) is 51.6 Å². The summed E-state index contributed by atoms with van der Waals surface area (Å²) in [5.74, 6) is 0.333. The summed E-state index contributed by atoms with van der Waals surface area (Å²) in [6, 6.07) is 0.107. The van der Waals surface area contributed by atoms with Crippen molar-refractivity contribution < 1.29 is 9.59 Å². The van der Waals surface area contributed by atoms with Crippen molar-refractivity contribution in [1.82, 2.24) is 15.5 Å². The Morgan fingerprint density at radius 1 is 1.19 bits per heavy atom. The van der Waals surface area contributed by atoms with Gasteiger partial charge >= 0.3 is 6.03 Å². The predicted molar refractivity (Wildman–Crippen MR) is 81.7 cm³/mol. The molecule has 1 saturated carbocycles. The van der Waals surface area contributed by atoms with E-state index in [0.29, 0.717) is 12.5 Å². The van der Waals surface area contributed by atoms with Crippen LogP contribution in [0.15, 0.2) is 0 Å². The molecule has 2 aliphatic rings. The van der Waals surface area contributed by atoms with E-state index >= 15 is 0 Å². The first-order valence-corrected chi connectivity index (χ1v) is 8.13. The maximum atomic E-state index is 11.9. The van der Waals surface area contributed by atoms with Gasteiger partial charge in [0.1, 0.15) is 0 Å². The molecule has 1 unspecified atom stereocenters. The number of likely N-dealkylation sites (tertiary alicyclic amines) is 1. The normalized spacial score (nSPS) is 23.0. The van der Waals surface area contributed by atoms with Crippen LogP contribution in [0.1, 0.15) is 45.4 Å². The summed E-state index contributed by atoms with van der Waals surface area (Å²) in [5.41, 5.74) is 5.91. The van der Waals surface area contributed by atoms with E-state index in [1.807, 2.05) is 6.92 Å². The van der Waals surface area contributed by atoms with Gasteiger partial charge < -0.3 is 11.1 Å². The molecule has 6 nitrogen and oxygen atoms in total. The van der Waals surface area contributed by atoms with Crippen molar-refractivity contribution in [2.75, 3.05) is 19.6 Å². The Kier molecular flexibility index (Phi) is 5.99. The summed E-state index contributed by atoms with van der Waals surface area (Å²) in [6.07, 6.45) is 6.41. The third-order valence-electron chi connectivity index (χ3n) is 4.69. The molecule has 3 amide bonds. The first kappa shape index (κ1) is 16.2. The highest BCUT2D eigenvalue weighted by Gasteiger charge is 2.24. The minimum Gasteiger partial charge on any atom is -0.335 e. The highest BCUT2D eigenvalue weighted by Crippen LogP contribution is 2.19. The van der Waals surface area contributed by atoms with Crippen molar-refractivity contribution in [3.05, 3.63) is 0 Å². The molecule has 0 radical (unpaired) electrons. The molecule has 0 aromatic rings. The second kappa shape index (κ2) is 7.75. The fourth-order valence-electron chi connectivity index (χ4n) is 3.30. The van der Waals surface area contributed by atoms with E-state index in [9.17, 15) is 9.59 Å². The van der Waals surface area contributed by atoms with E-state index in [4.69, 9.17) is 5.73 Å². The van der Waals surface area contributed by atoms with Gasteiger partial charge in [-0.2, -0.15) is 0 Å². The molecule has 1 aliphatic carbocycles. The number of piperidine rings is 1. The highest BCUT2D eigenvalue weighted by molar-refractivity contribution is 5.95. The van der Waals surface area contributed by atoms with Gasteiger partial charge in [-0.1, -0.05) is 12.8 Å². The Labute approximate surface area is 126 Å². The van der Waals surface area contributed by atoms with Crippen molar-refractivity contribution in [3.63, 3.8) is 0 Å². The van der Waals surface area contributed by atoms with Gasteiger partial charge in [0.25, 0.3) is 0 Å². The molecule has 0 bridgehead atoms. The zero-order valence-electron chi connectivity index (χ0n) is 12.9. The first-order valence-electron chi connectivity index (χ1n) is 8.13. The molecular formula is C15H28N4O2. The van der Waals surface area contributed by atoms with Crippen LogP contribution >= 0.6 is 0 Å². The van der Waals surface area contributed by atoms with Crippen LogP contribution in [0, 0.1) is 5.92 Å². The number of hydrogen-bond donors (Lipinski definition) is 3. The van der Waals surface area contributed by atoms with Crippen LogP contribution in [0.5, 0.6) is 0 Å². The molecule has 1 atom stereocenters. The second-order valence-corrected chi connectivity index (χ2v) is 6.48. The number of rotatable bonds is 4. The number of hydrogen-bond acceptors (Lipinski definition) is 4. The van der Waals surface area contributed by atoms with Crippen LogP contribution in [-0.4, -0.2) is 48.6 Å². The van der Waals surface area contributed by atoms with Crippen LogP contribution < -0.4 is 16.4 Å². The largest absolute Gasteiger partial charge is 0.335 e. The smallest absolute Gasteiger partial charge is 0.321 e. The van der Waals surface area contributed by atoms with Gasteiger partial charge in [-0.25, -0.2) is 4.79 Å². The van der Waals surface area contributed by atoms with Crippen molar-refractivity contribution in [2.45, 2.75) is 57.5 Å². The van der Waals surface area contributed by atoms with Crippen LogP contribution in [0.4, 0.5) is 4.79 Å². The fourth-order valence-corrected chi connectivity index (χ4v) is 3.30. The predicted octanol–water partition coefficient (Wildman–Crippen LogP) is 0.814. The number of carbonyl (C=O) groups is 2. The van der Waals surface area contributed by atoms with Crippen LogP contribution in [-0.2, 0) is 4.79 Å². The van der Waals surface area contributed by atoms with Crippen molar-refractivity contribution in [2.24, 2.45) is 11.7 Å². The standard InChI is InChI=1S/C15H28N4O2/c1-11(16)12-6-8-19(9-7-12)10-14(20)18-15(21)17-13-4-2-3-5-13/h11-13H,2-10,16H2,1H3,(H2,17,18,20,21). The van der Waals surface area contributed by atoms with E-state index in [1.165, 1.54) is 0 Å². The molecule has 120 valence electrons. The number of nitrogens with two attached hydrogens (primary N) is 1. The van der Waals surface area contributed by atoms with Crippen molar-refractivity contribution >= 4 is 11.9 Å². The third-order valence-corrected chi connectivity index (χ3v) is 4.69. The lowest BCUT2D eigenvalue weighted by atomic mass is 9.91. The van der Waals surface area contributed by atoms with E-state index in [0.717, 1.165) is 51.6 Å². The summed E-state index contributed by atoms with van der Waals surface area (Å²) in [7, 11) is 0. The molecule has 0 aromatic carbocycles. The fraction of sp³-hybridized carbons (Fsp3) is 0.867. The zero-order valence-corrected chi connectivity index (χ0v) is 12.9. The van der Waals surface area contributed by atoms with Gasteiger partial charge in [-0.15, -0.1) is 0 Å². The summed E-state index contributed by atoms with van der Waals surface area (Å²) >= 11 is 0. The summed E-state index contributed by atoms with van der Waals surface area (Å²) in [4.78, 5) is 25.7. The molecule has 1 heterocycles. The molecule has 2 rings (SSSR count). The number of urea groups is 1. The van der Waals surface area contributed by atoms with E-state index in [1.54, 1.807) is 0 Å². The second-order valence-electron chi connectivity index (χ2n) is 6.48. The minimum absolute atomic E-state index is 0.218. The monoisotopic (exact) mass is 296 g/mol. The maximum absolute atomic E-state index is 11.9. The highest BCUT2D eigenvalue weighted by atomic mass is 16.2. The Hall–Kier alpha value is -1.14. The van der Waals surface area contributed by atoms with Crippen LogP contribution in [0.2, 0.25) is 0 Å². The lowest BCUT2D eigenvalue weighted by Gasteiger charge is -2.33. The van der Waals surface area contributed by atoms with Gasteiger partial charge in [0, 0.05) is 12.1 Å². The Morgan fingerprint density at radius 2 is 1.81 bits per heavy atom. The van der Waals surface area contributed by atoms with E-state index in [2.05, 4.69) is 15.5 Å². The molecule has 2 fully saturated rings. The SMILES string of the molecule is CC(N)C1CCN(CC(=O)NC(=O)NC2CCCC2)CC1. The zero-order chi connectivity index (χ0) is 15.2. The van der Waals surface area contributed by atoms with Gasteiger partial charge in [-0.3, -0.25) is 15.0 Å². The molecule has 0 aromatic heterocycles.